The Morgan fingerprint density at radius 1 is 1.73 bits per heavy atom. The molecular formula is C11H17N3O. The molecular weight excluding hydrogens is 190 g/mol. The van der Waals surface area contributed by atoms with E-state index in [4.69, 9.17) is 5.73 Å². The quantitative estimate of drug-likeness (QED) is 0.717. The van der Waals surface area contributed by atoms with Crippen molar-refractivity contribution in [3.05, 3.63) is 30.6 Å². The maximum atomic E-state index is 11.7. The molecule has 0 saturated heterocycles. The Labute approximate surface area is 89.8 Å². The van der Waals surface area contributed by atoms with Crippen molar-refractivity contribution in [1.29, 1.82) is 0 Å². The van der Waals surface area contributed by atoms with Crippen LogP contribution >= 0.6 is 0 Å². The fourth-order valence-corrected chi connectivity index (χ4v) is 1.40. The molecule has 82 valence electrons. The third-order valence-corrected chi connectivity index (χ3v) is 2.02. The van der Waals surface area contributed by atoms with Gasteiger partial charge in [0, 0.05) is 19.3 Å². The van der Waals surface area contributed by atoms with Crippen LogP contribution in [0.15, 0.2) is 24.9 Å². The minimum absolute atomic E-state index is 0.111. The Morgan fingerprint density at radius 3 is 3.07 bits per heavy atom. The number of nitrogens with one attached hydrogen (secondary N) is 1. The molecule has 4 nitrogen and oxygen atoms in total. The predicted molar refractivity (Wildman–Crippen MR) is 61.7 cm³/mol. The largest absolute Gasteiger partial charge is 0.397 e. The van der Waals surface area contributed by atoms with Gasteiger partial charge >= 0.3 is 0 Å². The molecule has 1 heterocycles. The van der Waals surface area contributed by atoms with Gasteiger partial charge in [0.2, 0.25) is 0 Å². The summed E-state index contributed by atoms with van der Waals surface area (Å²) >= 11 is 0. The number of carbonyl (C=O) groups excluding carboxylic acids is 1. The van der Waals surface area contributed by atoms with Crippen LogP contribution in [0.1, 0.15) is 23.8 Å². The number of aryl methyl sites for hydroxylation is 1. The average molecular weight is 207 g/mol. The molecule has 15 heavy (non-hydrogen) atoms. The van der Waals surface area contributed by atoms with Crippen molar-refractivity contribution < 1.29 is 4.79 Å². The maximum absolute atomic E-state index is 11.7. The van der Waals surface area contributed by atoms with Crippen molar-refractivity contribution in [2.45, 2.75) is 19.9 Å². The molecule has 0 unspecified atom stereocenters. The third kappa shape index (κ3) is 2.87. The van der Waals surface area contributed by atoms with Crippen LogP contribution in [0.2, 0.25) is 0 Å². The fourth-order valence-electron chi connectivity index (χ4n) is 1.40. The van der Waals surface area contributed by atoms with E-state index in [-0.39, 0.29) is 5.91 Å². The highest BCUT2D eigenvalue weighted by Gasteiger charge is 2.10. The number of nitrogens with two attached hydrogens (primary N) is 1. The van der Waals surface area contributed by atoms with Gasteiger partial charge in [0.05, 0.1) is 5.69 Å². The molecule has 0 aliphatic heterocycles. The first-order chi connectivity index (χ1) is 7.19. The lowest BCUT2D eigenvalue weighted by Gasteiger charge is -2.06. The number of carbonyl (C=O) groups is 1. The molecule has 0 bridgehead atoms. The standard InChI is InChI=1S/C11H17N3O/c1-3-5-13-11(15)10-7-9(12)8-14(10)6-4-2/h3,7-8H,1,4-6,12H2,2H3,(H,13,15). The monoisotopic (exact) mass is 207 g/mol. The van der Waals surface area contributed by atoms with Gasteiger partial charge in [-0.1, -0.05) is 13.0 Å². The third-order valence-electron chi connectivity index (χ3n) is 2.02. The molecule has 1 aromatic rings. The second-order valence-electron chi connectivity index (χ2n) is 3.35. The number of hydrogen-bond donors (Lipinski definition) is 2. The Hall–Kier alpha value is -1.71. The normalized spacial score (nSPS) is 9.93. The first kappa shape index (κ1) is 11.4. The van der Waals surface area contributed by atoms with Gasteiger partial charge < -0.3 is 15.6 Å². The molecule has 0 saturated carbocycles. The number of amides is 1. The van der Waals surface area contributed by atoms with E-state index in [1.807, 2.05) is 4.57 Å². The molecule has 0 aliphatic carbocycles. The van der Waals surface area contributed by atoms with E-state index in [9.17, 15) is 4.79 Å². The van der Waals surface area contributed by atoms with Crippen LogP contribution < -0.4 is 11.1 Å². The highest BCUT2D eigenvalue weighted by Crippen LogP contribution is 2.11. The van der Waals surface area contributed by atoms with Gasteiger partial charge in [0.1, 0.15) is 5.69 Å². The summed E-state index contributed by atoms with van der Waals surface area (Å²) in [6, 6.07) is 1.69. The van der Waals surface area contributed by atoms with Gasteiger partial charge in [0.25, 0.3) is 5.91 Å². The summed E-state index contributed by atoms with van der Waals surface area (Å²) in [6.45, 7) is 6.87. The second-order valence-corrected chi connectivity index (χ2v) is 3.35. The number of nitrogen functional groups attached to an aromatic ring is 1. The summed E-state index contributed by atoms with van der Waals surface area (Å²) in [4.78, 5) is 11.7. The Morgan fingerprint density at radius 2 is 2.47 bits per heavy atom. The van der Waals surface area contributed by atoms with E-state index < -0.39 is 0 Å². The van der Waals surface area contributed by atoms with E-state index in [1.165, 1.54) is 0 Å². The Kier molecular flexibility index (Phi) is 3.97. The Bertz CT molecular complexity index is 355. The second kappa shape index (κ2) is 5.24. The summed E-state index contributed by atoms with van der Waals surface area (Å²) in [6.07, 6.45) is 4.40. The molecule has 1 aromatic heterocycles. The summed E-state index contributed by atoms with van der Waals surface area (Å²) in [5, 5.41) is 2.73. The van der Waals surface area contributed by atoms with Gasteiger partial charge in [-0.25, -0.2) is 0 Å². The zero-order valence-corrected chi connectivity index (χ0v) is 8.99. The molecule has 0 spiro atoms. The van der Waals surface area contributed by atoms with Gasteiger partial charge in [-0.15, -0.1) is 6.58 Å². The SMILES string of the molecule is C=CCNC(=O)c1cc(N)cn1CCC. The zero-order chi connectivity index (χ0) is 11.3. The minimum atomic E-state index is -0.111. The highest BCUT2D eigenvalue weighted by molar-refractivity contribution is 5.93. The highest BCUT2D eigenvalue weighted by atomic mass is 16.1. The van der Waals surface area contributed by atoms with Crippen molar-refractivity contribution in [1.82, 2.24) is 9.88 Å². The average Bonchev–Trinajstić information content (AvgIpc) is 2.57. The molecule has 0 atom stereocenters. The van der Waals surface area contributed by atoms with Crippen LogP contribution in [0.25, 0.3) is 0 Å². The number of anilines is 1. The van der Waals surface area contributed by atoms with Crippen molar-refractivity contribution in [3.8, 4) is 0 Å². The van der Waals surface area contributed by atoms with Crippen LogP contribution in [0.3, 0.4) is 0 Å². The van der Waals surface area contributed by atoms with E-state index in [0.717, 1.165) is 13.0 Å². The Balaban J connectivity index is 2.81. The topological polar surface area (TPSA) is 60.1 Å². The number of nitrogens with zero attached hydrogens (tertiary/aromatic N) is 1. The molecule has 1 rings (SSSR count). The lowest BCUT2D eigenvalue weighted by atomic mass is 10.3. The van der Waals surface area contributed by atoms with Crippen molar-refractivity contribution in [2.75, 3.05) is 12.3 Å². The molecule has 4 heteroatoms. The molecule has 3 N–H and O–H groups in total. The lowest BCUT2D eigenvalue weighted by Crippen LogP contribution is -2.25. The molecule has 0 aromatic carbocycles. The lowest BCUT2D eigenvalue weighted by molar-refractivity contribution is 0.0948. The molecule has 1 amide bonds. The van der Waals surface area contributed by atoms with E-state index in [2.05, 4.69) is 18.8 Å². The number of aromatic nitrogens is 1. The molecule has 0 aliphatic rings. The van der Waals surface area contributed by atoms with Gasteiger partial charge in [-0.2, -0.15) is 0 Å². The van der Waals surface area contributed by atoms with Crippen LogP contribution in [-0.2, 0) is 6.54 Å². The molecule has 0 fully saturated rings. The smallest absolute Gasteiger partial charge is 0.268 e. The van der Waals surface area contributed by atoms with Gasteiger partial charge in [0.15, 0.2) is 0 Å². The van der Waals surface area contributed by atoms with Crippen LogP contribution in [0.5, 0.6) is 0 Å². The fraction of sp³-hybridized carbons (Fsp3) is 0.364. The van der Waals surface area contributed by atoms with E-state index in [0.29, 0.717) is 17.9 Å². The van der Waals surface area contributed by atoms with Crippen LogP contribution in [-0.4, -0.2) is 17.0 Å². The number of hydrogen-bond acceptors (Lipinski definition) is 2. The summed E-state index contributed by atoms with van der Waals surface area (Å²) in [7, 11) is 0. The summed E-state index contributed by atoms with van der Waals surface area (Å²) < 4.78 is 1.87. The molecule has 0 radical (unpaired) electrons. The maximum Gasteiger partial charge on any atom is 0.268 e. The minimum Gasteiger partial charge on any atom is -0.397 e. The predicted octanol–water partition coefficient (Wildman–Crippen LogP) is 1.40. The van der Waals surface area contributed by atoms with Gasteiger partial charge in [-0.3, -0.25) is 4.79 Å². The van der Waals surface area contributed by atoms with E-state index >= 15 is 0 Å². The first-order valence-corrected chi connectivity index (χ1v) is 5.03. The summed E-state index contributed by atoms with van der Waals surface area (Å²) in [5.41, 5.74) is 6.88. The van der Waals surface area contributed by atoms with Crippen molar-refractivity contribution in [3.63, 3.8) is 0 Å². The number of rotatable bonds is 5. The van der Waals surface area contributed by atoms with Gasteiger partial charge in [-0.05, 0) is 12.5 Å². The zero-order valence-electron chi connectivity index (χ0n) is 8.99. The van der Waals surface area contributed by atoms with Crippen molar-refractivity contribution >= 4 is 11.6 Å². The van der Waals surface area contributed by atoms with Crippen molar-refractivity contribution in [2.24, 2.45) is 0 Å². The van der Waals surface area contributed by atoms with E-state index in [1.54, 1.807) is 18.3 Å². The summed E-state index contributed by atoms with van der Waals surface area (Å²) in [5.74, 6) is -0.111. The first-order valence-electron chi connectivity index (χ1n) is 5.03. The van der Waals surface area contributed by atoms with Crippen LogP contribution in [0.4, 0.5) is 5.69 Å². The van der Waals surface area contributed by atoms with Crippen LogP contribution in [0, 0.1) is 0 Å².